The zero-order valence-electron chi connectivity index (χ0n) is 17.1. The molecule has 1 aromatic heterocycles. The van der Waals surface area contributed by atoms with Gasteiger partial charge in [-0.15, -0.1) is 10.2 Å². The summed E-state index contributed by atoms with van der Waals surface area (Å²) in [6.07, 6.45) is 4.01. The van der Waals surface area contributed by atoms with Crippen molar-refractivity contribution in [2.45, 2.75) is 56.3 Å². The van der Waals surface area contributed by atoms with Gasteiger partial charge in [0.25, 0.3) is 5.91 Å². The molecule has 0 bridgehead atoms. The minimum atomic E-state index is -0.869. The Bertz CT molecular complexity index is 1000. The molecule has 4 rings (SSSR count). The fourth-order valence-electron chi connectivity index (χ4n) is 4.00. The predicted octanol–water partition coefficient (Wildman–Crippen LogP) is 3.00. The molecule has 2 fully saturated rings. The van der Waals surface area contributed by atoms with Gasteiger partial charge in [0, 0.05) is 17.1 Å². The third-order valence-corrected chi connectivity index (χ3v) is 6.79. The Balaban J connectivity index is 1.40. The van der Waals surface area contributed by atoms with Crippen LogP contribution in [0, 0.1) is 0 Å². The van der Waals surface area contributed by atoms with Gasteiger partial charge >= 0.3 is 6.03 Å². The van der Waals surface area contributed by atoms with E-state index in [2.05, 4.69) is 20.9 Å². The Labute approximate surface area is 188 Å². The number of hydrogen-bond acceptors (Lipinski definition) is 6. The summed E-state index contributed by atoms with van der Waals surface area (Å²) < 4.78 is 1.89. The Kier molecular flexibility index (Phi) is 6.19. The highest BCUT2D eigenvalue weighted by molar-refractivity contribution is 7.99. The van der Waals surface area contributed by atoms with Crippen LogP contribution >= 0.6 is 23.4 Å². The second-order valence-corrected chi connectivity index (χ2v) is 8.97. The number of amides is 4. The molecule has 2 aromatic rings. The van der Waals surface area contributed by atoms with Crippen LogP contribution < -0.4 is 10.7 Å². The van der Waals surface area contributed by atoms with E-state index in [0.717, 1.165) is 29.8 Å². The van der Waals surface area contributed by atoms with Gasteiger partial charge in [-0.25, -0.2) is 4.79 Å². The molecule has 164 valence electrons. The SMILES string of the molecule is CCn1c(SCC(=O)NN2C(=O)NC3(CCCCC3)C2=O)nnc1-c1ccc(Cl)cc1. The molecule has 1 spiro atoms. The topological polar surface area (TPSA) is 109 Å². The largest absolute Gasteiger partial charge is 0.344 e. The standard InChI is InChI=1S/C20H23ClN6O3S/c1-2-26-16(13-6-8-14(21)9-7-13)23-24-19(26)31-12-15(28)25-27-17(29)20(22-18(27)30)10-4-3-5-11-20/h6-9H,2-5,10-12H2,1H3,(H,22,30)(H,25,28). The lowest BCUT2D eigenvalue weighted by Crippen LogP contribution is -2.51. The summed E-state index contributed by atoms with van der Waals surface area (Å²) >= 11 is 7.15. The molecule has 9 nitrogen and oxygen atoms in total. The van der Waals surface area contributed by atoms with E-state index in [-0.39, 0.29) is 11.7 Å². The lowest BCUT2D eigenvalue weighted by atomic mass is 9.82. The maximum Gasteiger partial charge on any atom is 0.344 e. The number of thioether (sulfide) groups is 1. The lowest BCUT2D eigenvalue weighted by molar-refractivity contribution is -0.139. The Morgan fingerprint density at radius 1 is 1.19 bits per heavy atom. The molecule has 1 saturated heterocycles. The molecule has 1 aliphatic heterocycles. The Morgan fingerprint density at radius 3 is 2.58 bits per heavy atom. The van der Waals surface area contributed by atoms with Crippen molar-refractivity contribution in [3.05, 3.63) is 29.3 Å². The summed E-state index contributed by atoms with van der Waals surface area (Å²) in [6, 6.07) is 6.70. The minimum absolute atomic E-state index is 0.0111. The normalized spacial score (nSPS) is 17.8. The highest BCUT2D eigenvalue weighted by Crippen LogP contribution is 2.33. The van der Waals surface area contributed by atoms with Gasteiger partial charge in [0.2, 0.25) is 5.91 Å². The van der Waals surface area contributed by atoms with Crippen molar-refractivity contribution in [3.8, 4) is 11.4 Å². The first-order chi connectivity index (χ1) is 14.9. The first-order valence-corrected chi connectivity index (χ1v) is 11.6. The Morgan fingerprint density at radius 2 is 1.90 bits per heavy atom. The van der Waals surface area contributed by atoms with Gasteiger partial charge in [0.15, 0.2) is 11.0 Å². The van der Waals surface area contributed by atoms with E-state index in [0.29, 0.717) is 35.4 Å². The van der Waals surface area contributed by atoms with Crippen molar-refractivity contribution in [2.24, 2.45) is 0 Å². The first kappa shape index (κ1) is 21.6. The van der Waals surface area contributed by atoms with Gasteiger partial charge in [0.1, 0.15) is 5.54 Å². The summed E-state index contributed by atoms with van der Waals surface area (Å²) in [7, 11) is 0. The number of imide groups is 1. The minimum Gasteiger partial charge on any atom is -0.322 e. The van der Waals surface area contributed by atoms with E-state index in [1.165, 1.54) is 11.8 Å². The van der Waals surface area contributed by atoms with E-state index < -0.39 is 17.5 Å². The van der Waals surface area contributed by atoms with Crippen LogP contribution in [0.15, 0.2) is 29.4 Å². The van der Waals surface area contributed by atoms with E-state index >= 15 is 0 Å². The molecule has 2 aliphatic rings. The van der Waals surface area contributed by atoms with Crippen molar-refractivity contribution in [1.29, 1.82) is 0 Å². The molecule has 31 heavy (non-hydrogen) atoms. The van der Waals surface area contributed by atoms with Gasteiger partial charge in [0.05, 0.1) is 5.75 Å². The second kappa shape index (κ2) is 8.88. The molecule has 0 atom stereocenters. The van der Waals surface area contributed by atoms with Gasteiger partial charge in [-0.3, -0.25) is 15.0 Å². The number of urea groups is 1. The van der Waals surface area contributed by atoms with Crippen LogP contribution in [-0.2, 0) is 16.1 Å². The zero-order chi connectivity index (χ0) is 22.0. The third-order valence-electron chi connectivity index (χ3n) is 5.57. The Hall–Kier alpha value is -2.59. The van der Waals surface area contributed by atoms with Crippen LogP contribution in [0.25, 0.3) is 11.4 Å². The molecule has 11 heteroatoms. The molecule has 0 radical (unpaired) electrons. The van der Waals surface area contributed by atoms with Gasteiger partial charge < -0.3 is 9.88 Å². The van der Waals surface area contributed by atoms with Gasteiger partial charge in [-0.1, -0.05) is 42.6 Å². The highest BCUT2D eigenvalue weighted by Gasteiger charge is 2.52. The molecule has 1 aliphatic carbocycles. The number of nitrogens with one attached hydrogen (secondary N) is 2. The van der Waals surface area contributed by atoms with Crippen molar-refractivity contribution >= 4 is 41.2 Å². The predicted molar refractivity (Wildman–Crippen MR) is 116 cm³/mol. The highest BCUT2D eigenvalue weighted by atomic mass is 35.5. The van der Waals surface area contributed by atoms with Gasteiger partial charge in [-0.2, -0.15) is 5.01 Å². The number of halogens is 1. The smallest absolute Gasteiger partial charge is 0.322 e. The molecule has 1 aromatic carbocycles. The number of hydrazine groups is 1. The van der Waals surface area contributed by atoms with Crippen molar-refractivity contribution in [3.63, 3.8) is 0 Å². The number of benzene rings is 1. The van der Waals surface area contributed by atoms with E-state index in [1.54, 1.807) is 12.1 Å². The molecular weight excluding hydrogens is 440 g/mol. The third kappa shape index (κ3) is 4.27. The summed E-state index contributed by atoms with van der Waals surface area (Å²) in [6.45, 7) is 2.58. The maximum absolute atomic E-state index is 12.8. The summed E-state index contributed by atoms with van der Waals surface area (Å²) in [5, 5.41) is 13.2. The van der Waals surface area contributed by atoms with Crippen LogP contribution in [0.3, 0.4) is 0 Å². The number of carbonyl (C=O) groups is 3. The molecule has 0 unspecified atom stereocenters. The van der Waals surface area contributed by atoms with Crippen molar-refractivity contribution < 1.29 is 14.4 Å². The first-order valence-electron chi connectivity index (χ1n) is 10.2. The van der Waals surface area contributed by atoms with Crippen molar-refractivity contribution in [2.75, 3.05) is 5.75 Å². The van der Waals surface area contributed by atoms with Crippen LogP contribution in [-0.4, -0.2) is 48.9 Å². The molecule has 1 saturated carbocycles. The number of rotatable bonds is 6. The molecule has 2 heterocycles. The summed E-state index contributed by atoms with van der Waals surface area (Å²) in [4.78, 5) is 37.5. The monoisotopic (exact) mass is 462 g/mol. The number of hydrogen-bond donors (Lipinski definition) is 2. The lowest BCUT2D eigenvalue weighted by Gasteiger charge is -2.30. The number of aromatic nitrogens is 3. The maximum atomic E-state index is 12.8. The van der Waals surface area contributed by atoms with Crippen LogP contribution in [0.4, 0.5) is 4.79 Å². The zero-order valence-corrected chi connectivity index (χ0v) is 18.6. The van der Waals surface area contributed by atoms with Crippen LogP contribution in [0.1, 0.15) is 39.0 Å². The fraction of sp³-hybridized carbons (Fsp3) is 0.450. The number of nitrogens with zero attached hydrogens (tertiary/aromatic N) is 4. The van der Waals surface area contributed by atoms with E-state index in [1.807, 2.05) is 23.6 Å². The molecule has 2 N–H and O–H groups in total. The molecular formula is C20H23ClN6O3S. The summed E-state index contributed by atoms with van der Waals surface area (Å²) in [5.74, 6) is -0.171. The average molecular weight is 463 g/mol. The van der Waals surface area contributed by atoms with Crippen LogP contribution in [0.2, 0.25) is 5.02 Å². The molecule has 4 amide bonds. The number of carbonyl (C=O) groups excluding carboxylic acids is 3. The average Bonchev–Trinajstić information content (AvgIpc) is 3.28. The van der Waals surface area contributed by atoms with E-state index in [9.17, 15) is 14.4 Å². The van der Waals surface area contributed by atoms with Gasteiger partial charge in [-0.05, 0) is 44.0 Å². The second-order valence-electron chi connectivity index (χ2n) is 7.59. The summed E-state index contributed by atoms with van der Waals surface area (Å²) in [5.41, 5.74) is 2.44. The van der Waals surface area contributed by atoms with E-state index in [4.69, 9.17) is 11.6 Å². The van der Waals surface area contributed by atoms with Crippen molar-refractivity contribution in [1.82, 2.24) is 30.5 Å². The fourth-order valence-corrected chi connectivity index (χ4v) is 4.92. The quantitative estimate of drug-likeness (QED) is 0.504. The van der Waals surface area contributed by atoms with Crippen LogP contribution in [0.5, 0.6) is 0 Å².